The second-order valence-electron chi connectivity index (χ2n) is 4.41. The van der Waals surface area contributed by atoms with Crippen molar-refractivity contribution in [3.05, 3.63) is 29.3 Å². The monoisotopic (exact) mass is 265 g/mol. The molecule has 0 unspecified atom stereocenters. The molecule has 1 aromatic rings. The first-order chi connectivity index (χ1) is 8.95. The number of carbonyl (C=O) groups is 2. The number of aliphatic carboxylic acids is 1. The number of hydrogen-bond donors (Lipinski definition) is 1. The molecule has 0 heterocycles. The number of carbonyl (C=O) groups excluding carboxylic acids is 1. The Hall–Kier alpha value is -1.88. The fourth-order valence-electron chi connectivity index (χ4n) is 1.90. The van der Waals surface area contributed by atoms with Crippen LogP contribution in [0.3, 0.4) is 0 Å². The van der Waals surface area contributed by atoms with Crippen molar-refractivity contribution in [2.24, 2.45) is 0 Å². The number of nitrogens with zero attached hydrogens (tertiary/aromatic N) is 1. The largest absolute Gasteiger partial charge is 0.481 e. The SMILES string of the molecule is COCC(=O)N(CCC(=O)O)c1ccc(C)cc1C. The van der Waals surface area contributed by atoms with Gasteiger partial charge in [0, 0.05) is 19.3 Å². The van der Waals surface area contributed by atoms with Gasteiger partial charge in [-0.05, 0) is 25.5 Å². The van der Waals surface area contributed by atoms with Crippen molar-refractivity contribution in [1.29, 1.82) is 0 Å². The van der Waals surface area contributed by atoms with E-state index < -0.39 is 5.97 Å². The average Bonchev–Trinajstić information content (AvgIpc) is 2.31. The lowest BCUT2D eigenvalue weighted by Gasteiger charge is -2.24. The van der Waals surface area contributed by atoms with E-state index in [1.807, 2.05) is 32.0 Å². The third kappa shape index (κ3) is 4.37. The molecule has 0 atom stereocenters. The minimum atomic E-state index is -0.931. The fraction of sp³-hybridized carbons (Fsp3) is 0.429. The molecule has 5 heteroatoms. The van der Waals surface area contributed by atoms with Crippen LogP contribution in [0, 0.1) is 13.8 Å². The van der Waals surface area contributed by atoms with Gasteiger partial charge < -0.3 is 14.7 Å². The molecule has 0 bridgehead atoms. The first-order valence-electron chi connectivity index (χ1n) is 6.04. The normalized spacial score (nSPS) is 10.3. The van der Waals surface area contributed by atoms with Crippen molar-refractivity contribution in [3.63, 3.8) is 0 Å². The predicted molar refractivity (Wildman–Crippen MR) is 72.4 cm³/mol. The van der Waals surface area contributed by atoms with Gasteiger partial charge in [0.2, 0.25) is 0 Å². The summed E-state index contributed by atoms with van der Waals surface area (Å²) in [5.74, 6) is -1.17. The van der Waals surface area contributed by atoms with Gasteiger partial charge in [0.25, 0.3) is 5.91 Å². The van der Waals surface area contributed by atoms with Crippen LogP contribution in [0.4, 0.5) is 5.69 Å². The van der Waals surface area contributed by atoms with E-state index in [0.29, 0.717) is 0 Å². The molecule has 0 saturated carbocycles. The van der Waals surface area contributed by atoms with Crippen LogP contribution in [0.5, 0.6) is 0 Å². The molecule has 0 fully saturated rings. The zero-order valence-corrected chi connectivity index (χ0v) is 11.5. The van der Waals surface area contributed by atoms with E-state index >= 15 is 0 Å². The molecule has 1 N–H and O–H groups in total. The molecule has 0 saturated heterocycles. The lowest BCUT2D eigenvalue weighted by molar-refractivity contribution is -0.136. The maximum absolute atomic E-state index is 12.0. The molecule has 104 valence electrons. The number of rotatable bonds is 6. The number of amides is 1. The Balaban J connectivity index is 3.00. The lowest BCUT2D eigenvalue weighted by Crippen LogP contribution is -2.36. The summed E-state index contributed by atoms with van der Waals surface area (Å²) >= 11 is 0. The lowest BCUT2D eigenvalue weighted by atomic mass is 10.1. The summed E-state index contributed by atoms with van der Waals surface area (Å²) in [5, 5.41) is 8.77. The van der Waals surface area contributed by atoms with Gasteiger partial charge in [-0.2, -0.15) is 0 Å². The summed E-state index contributed by atoms with van der Waals surface area (Å²) < 4.78 is 4.84. The van der Waals surface area contributed by atoms with E-state index in [2.05, 4.69) is 0 Å². The topological polar surface area (TPSA) is 66.8 Å². The Labute approximate surface area is 112 Å². The van der Waals surface area contributed by atoms with Crippen molar-refractivity contribution < 1.29 is 19.4 Å². The Bertz CT molecular complexity index is 471. The Morgan fingerprint density at radius 1 is 1.32 bits per heavy atom. The van der Waals surface area contributed by atoms with Gasteiger partial charge in [-0.3, -0.25) is 9.59 Å². The van der Waals surface area contributed by atoms with Gasteiger partial charge in [-0.1, -0.05) is 17.7 Å². The minimum absolute atomic E-state index is 0.0626. The third-order valence-electron chi connectivity index (χ3n) is 2.76. The molecule has 0 radical (unpaired) electrons. The number of methoxy groups -OCH3 is 1. The number of aryl methyl sites for hydroxylation is 2. The highest BCUT2D eigenvalue weighted by atomic mass is 16.5. The number of carboxylic acid groups (broad SMARTS) is 1. The maximum atomic E-state index is 12.0. The van der Waals surface area contributed by atoms with Crippen LogP contribution >= 0.6 is 0 Å². The molecular formula is C14H19NO4. The van der Waals surface area contributed by atoms with Crippen LogP contribution < -0.4 is 4.90 Å². The Morgan fingerprint density at radius 3 is 2.53 bits per heavy atom. The van der Waals surface area contributed by atoms with Gasteiger partial charge in [0.1, 0.15) is 6.61 Å². The van der Waals surface area contributed by atoms with E-state index in [1.54, 1.807) is 0 Å². The molecule has 1 rings (SSSR count). The summed E-state index contributed by atoms with van der Waals surface area (Å²) in [6.07, 6.45) is -0.0945. The zero-order chi connectivity index (χ0) is 14.4. The highest BCUT2D eigenvalue weighted by Crippen LogP contribution is 2.21. The van der Waals surface area contributed by atoms with Crippen molar-refractivity contribution in [2.45, 2.75) is 20.3 Å². The second kappa shape index (κ2) is 6.89. The van der Waals surface area contributed by atoms with Crippen molar-refractivity contribution >= 4 is 17.6 Å². The second-order valence-corrected chi connectivity index (χ2v) is 4.41. The van der Waals surface area contributed by atoms with Crippen molar-refractivity contribution in [3.8, 4) is 0 Å². The summed E-state index contributed by atoms with van der Waals surface area (Å²) in [4.78, 5) is 24.2. The summed E-state index contributed by atoms with van der Waals surface area (Å²) in [6, 6.07) is 5.69. The van der Waals surface area contributed by atoms with Gasteiger partial charge in [-0.25, -0.2) is 0 Å². The van der Waals surface area contributed by atoms with Crippen LogP contribution in [0.2, 0.25) is 0 Å². The zero-order valence-electron chi connectivity index (χ0n) is 11.5. The molecule has 5 nitrogen and oxygen atoms in total. The standard InChI is InChI=1S/C14H19NO4/c1-10-4-5-12(11(2)8-10)15(7-6-14(17)18)13(16)9-19-3/h4-5,8H,6-7,9H2,1-3H3,(H,17,18). The molecule has 0 aliphatic heterocycles. The van der Waals surface area contributed by atoms with E-state index in [-0.39, 0.29) is 25.5 Å². The number of benzene rings is 1. The van der Waals surface area contributed by atoms with E-state index in [1.165, 1.54) is 12.0 Å². The molecule has 0 spiro atoms. The molecule has 1 aromatic carbocycles. The Kier molecular flexibility index (Phi) is 5.51. The van der Waals surface area contributed by atoms with Gasteiger partial charge in [-0.15, -0.1) is 0 Å². The number of hydrogen-bond acceptors (Lipinski definition) is 3. The first-order valence-corrected chi connectivity index (χ1v) is 6.04. The maximum Gasteiger partial charge on any atom is 0.305 e. The smallest absolute Gasteiger partial charge is 0.305 e. The summed E-state index contributed by atoms with van der Waals surface area (Å²) in [7, 11) is 1.44. The van der Waals surface area contributed by atoms with Crippen LogP contribution in [0.25, 0.3) is 0 Å². The highest BCUT2D eigenvalue weighted by molar-refractivity contribution is 5.95. The van der Waals surface area contributed by atoms with Crippen LogP contribution in [-0.2, 0) is 14.3 Å². The van der Waals surface area contributed by atoms with Crippen LogP contribution in [0.1, 0.15) is 17.5 Å². The molecule has 0 aromatic heterocycles. The summed E-state index contributed by atoms with van der Waals surface area (Å²) in [5.41, 5.74) is 2.77. The van der Waals surface area contributed by atoms with Gasteiger partial charge >= 0.3 is 5.97 Å². The predicted octanol–water partition coefficient (Wildman–Crippen LogP) is 1.76. The van der Waals surface area contributed by atoms with Crippen LogP contribution in [-0.4, -0.2) is 37.2 Å². The number of ether oxygens (including phenoxy) is 1. The molecule has 19 heavy (non-hydrogen) atoms. The highest BCUT2D eigenvalue weighted by Gasteiger charge is 2.18. The van der Waals surface area contributed by atoms with Gasteiger partial charge in [0.05, 0.1) is 6.42 Å². The average molecular weight is 265 g/mol. The van der Waals surface area contributed by atoms with E-state index in [9.17, 15) is 9.59 Å². The van der Waals surface area contributed by atoms with E-state index in [4.69, 9.17) is 9.84 Å². The Morgan fingerprint density at radius 2 is 2.00 bits per heavy atom. The molecule has 0 aliphatic rings. The van der Waals surface area contributed by atoms with Gasteiger partial charge in [0.15, 0.2) is 0 Å². The minimum Gasteiger partial charge on any atom is -0.481 e. The number of carboxylic acids is 1. The van der Waals surface area contributed by atoms with Crippen molar-refractivity contribution in [2.75, 3.05) is 25.2 Å². The summed E-state index contributed by atoms with van der Waals surface area (Å²) in [6.45, 7) is 3.94. The van der Waals surface area contributed by atoms with E-state index in [0.717, 1.165) is 16.8 Å². The first kappa shape index (κ1) is 15.2. The third-order valence-corrected chi connectivity index (χ3v) is 2.76. The van der Waals surface area contributed by atoms with Crippen LogP contribution in [0.15, 0.2) is 18.2 Å². The molecule has 1 amide bonds. The number of anilines is 1. The quantitative estimate of drug-likeness (QED) is 0.851. The fourth-order valence-corrected chi connectivity index (χ4v) is 1.90. The molecular weight excluding hydrogens is 246 g/mol. The molecule has 0 aliphatic carbocycles. The van der Waals surface area contributed by atoms with Crippen molar-refractivity contribution in [1.82, 2.24) is 0 Å².